The van der Waals surface area contributed by atoms with E-state index >= 15 is 0 Å². The quantitative estimate of drug-likeness (QED) is 0.734. The third-order valence-corrected chi connectivity index (χ3v) is 4.60. The van der Waals surface area contributed by atoms with Gasteiger partial charge in [-0.3, -0.25) is 10.1 Å². The van der Waals surface area contributed by atoms with Crippen molar-refractivity contribution in [2.75, 3.05) is 26.7 Å². The second kappa shape index (κ2) is 7.59. The number of esters is 1. The third kappa shape index (κ3) is 5.95. The number of hydrogen-bond acceptors (Lipinski definition) is 4. The van der Waals surface area contributed by atoms with Gasteiger partial charge in [0, 0.05) is 6.04 Å². The van der Waals surface area contributed by atoms with Crippen molar-refractivity contribution in [1.29, 1.82) is 0 Å². The van der Waals surface area contributed by atoms with Crippen molar-refractivity contribution in [3.8, 4) is 0 Å². The van der Waals surface area contributed by atoms with E-state index in [9.17, 15) is 4.79 Å². The maximum atomic E-state index is 12.0. The fourth-order valence-corrected chi connectivity index (χ4v) is 3.13. The Hall–Kier alpha value is -0.610. The van der Waals surface area contributed by atoms with Gasteiger partial charge in [0.25, 0.3) is 0 Å². The molecule has 1 fully saturated rings. The fraction of sp³-hybridized carbons (Fsp3) is 0.941. The summed E-state index contributed by atoms with van der Waals surface area (Å²) in [4.78, 5) is 14.6. The normalized spacial score (nSPS) is 22.0. The number of carbonyl (C=O) groups excluding carboxylic acids is 1. The van der Waals surface area contributed by atoms with E-state index in [0.29, 0.717) is 5.41 Å². The third-order valence-electron chi connectivity index (χ3n) is 4.60. The lowest BCUT2D eigenvalue weighted by Crippen LogP contribution is -2.53. The number of piperidine rings is 1. The highest BCUT2D eigenvalue weighted by molar-refractivity contribution is 5.80. The van der Waals surface area contributed by atoms with Gasteiger partial charge in [0.05, 0.1) is 7.11 Å². The van der Waals surface area contributed by atoms with E-state index in [-0.39, 0.29) is 12.0 Å². The molecule has 1 aliphatic rings. The van der Waals surface area contributed by atoms with E-state index in [1.807, 2.05) is 6.92 Å². The molecule has 0 bridgehead atoms. The van der Waals surface area contributed by atoms with Crippen LogP contribution in [0.5, 0.6) is 0 Å². The molecular weight excluding hydrogens is 264 g/mol. The first-order valence-corrected chi connectivity index (χ1v) is 8.27. The number of carbonyl (C=O) groups is 1. The molecule has 0 aromatic rings. The molecule has 1 aliphatic heterocycles. The molecule has 1 N–H and O–H groups in total. The maximum absolute atomic E-state index is 12.0. The number of likely N-dealkylation sites (tertiary alicyclic amines) is 1. The minimum absolute atomic E-state index is 0.157. The summed E-state index contributed by atoms with van der Waals surface area (Å²) in [7, 11) is 1.47. The molecule has 1 atom stereocenters. The van der Waals surface area contributed by atoms with E-state index < -0.39 is 5.54 Å². The summed E-state index contributed by atoms with van der Waals surface area (Å²) in [5.74, 6) is -0.157. The van der Waals surface area contributed by atoms with Gasteiger partial charge < -0.3 is 9.64 Å². The van der Waals surface area contributed by atoms with E-state index in [1.165, 1.54) is 33.0 Å². The smallest absolute Gasteiger partial charge is 0.325 e. The Morgan fingerprint density at radius 1 is 1.33 bits per heavy atom. The zero-order valence-corrected chi connectivity index (χ0v) is 14.8. The van der Waals surface area contributed by atoms with Gasteiger partial charge in [-0.15, -0.1) is 0 Å². The first-order chi connectivity index (χ1) is 9.68. The topological polar surface area (TPSA) is 41.6 Å². The molecule has 1 unspecified atom stereocenters. The van der Waals surface area contributed by atoms with Gasteiger partial charge in [-0.25, -0.2) is 0 Å². The first-order valence-electron chi connectivity index (χ1n) is 8.27. The van der Waals surface area contributed by atoms with Gasteiger partial charge in [0.15, 0.2) is 0 Å². The zero-order chi connectivity index (χ0) is 16.1. The monoisotopic (exact) mass is 298 g/mol. The van der Waals surface area contributed by atoms with Crippen molar-refractivity contribution >= 4 is 5.97 Å². The molecule has 0 radical (unpaired) electrons. The van der Waals surface area contributed by atoms with Crippen LogP contribution in [0.15, 0.2) is 0 Å². The second-order valence-corrected chi connectivity index (χ2v) is 7.73. The highest BCUT2D eigenvalue weighted by Crippen LogP contribution is 2.29. The largest absolute Gasteiger partial charge is 0.468 e. The number of methoxy groups -OCH3 is 1. The molecule has 124 valence electrons. The van der Waals surface area contributed by atoms with Crippen molar-refractivity contribution in [3.05, 3.63) is 0 Å². The minimum atomic E-state index is -0.571. The molecule has 1 rings (SSSR count). The molecule has 1 saturated heterocycles. The molecule has 0 spiro atoms. The predicted molar refractivity (Wildman–Crippen MR) is 87.4 cm³/mol. The van der Waals surface area contributed by atoms with Crippen molar-refractivity contribution in [3.63, 3.8) is 0 Å². The summed E-state index contributed by atoms with van der Waals surface area (Å²) in [6.45, 7) is 14.2. The van der Waals surface area contributed by atoms with Gasteiger partial charge in [0.2, 0.25) is 0 Å². The molecule has 21 heavy (non-hydrogen) atoms. The van der Waals surface area contributed by atoms with E-state index in [0.717, 1.165) is 19.4 Å². The van der Waals surface area contributed by atoms with Crippen molar-refractivity contribution in [2.24, 2.45) is 5.41 Å². The first kappa shape index (κ1) is 18.4. The highest BCUT2D eigenvalue weighted by Gasteiger charge is 2.34. The summed E-state index contributed by atoms with van der Waals surface area (Å²) in [6, 6.07) is 0.268. The Bertz CT molecular complexity index is 332. The van der Waals surface area contributed by atoms with Crippen LogP contribution in [0.2, 0.25) is 0 Å². The van der Waals surface area contributed by atoms with Crippen LogP contribution in [0, 0.1) is 5.41 Å². The van der Waals surface area contributed by atoms with Crippen LogP contribution in [0.4, 0.5) is 0 Å². The predicted octanol–water partition coefficient (Wildman–Crippen LogP) is 2.82. The van der Waals surface area contributed by atoms with Gasteiger partial charge in [-0.2, -0.15) is 0 Å². The summed E-state index contributed by atoms with van der Waals surface area (Å²) in [5.41, 5.74) is -0.0752. The fourth-order valence-electron chi connectivity index (χ4n) is 3.13. The maximum Gasteiger partial charge on any atom is 0.325 e. The number of ether oxygens (including phenoxy) is 1. The van der Waals surface area contributed by atoms with E-state index in [1.54, 1.807) is 0 Å². The van der Waals surface area contributed by atoms with Crippen LogP contribution in [0.1, 0.15) is 60.3 Å². The average molecular weight is 298 g/mol. The SMILES string of the molecule is COC(=O)C(C)(CCCN1CCC(C)(C)CC1)NC(C)C. The van der Waals surface area contributed by atoms with Crippen molar-refractivity contribution < 1.29 is 9.53 Å². The molecule has 4 heteroatoms. The number of rotatable bonds is 7. The summed E-state index contributed by atoms with van der Waals surface area (Å²) >= 11 is 0. The lowest BCUT2D eigenvalue weighted by Gasteiger charge is -2.37. The van der Waals surface area contributed by atoms with Crippen molar-refractivity contribution in [1.82, 2.24) is 10.2 Å². The van der Waals surface area contributed by atoms with Gasteiger partial charge in [-0.1, -0.05) is 13.8 Å². The second-order valence-electron chi connectivity index (χ2n) is 7.73. The molecule has 0 saturated carbocycles. The van der Waals surface area contributed by atoms with Crippen LogP contribution in [-0.2, 0) is 9.53 Å². The number of nitrogens with one attached hydrogen (secondary N) is 1. The Morgan fingerprint density at radius 3 is 2.38 bits per heavy atom. The molecule has 1 heterocycles. The number of nitrogens with zero attached hydrogens (tertiary/aromatic N) is 1. The van der Waals surface area contributed by atoms with Crippen LogP contribution < -0.4 is 5.32 Å². The van der Waals surface area contributed by atoms with Gasteiger partial charge in [0.1, 0.15) is 5.54 Å². The summed E-state index contributed by atoms with van der Waals surface area (Å²) in [6.07, 6.45) is 4.38. The molecular formula is C17H34N2O2. The highest BCUT2D eigenvalue weighted by atomic mass is 16.5. The van der Waals surface area contributed by atoms with Gasteiger partial charge >= 0.3 is 5.97 Å². The molecule has 0 aliphatic carbocycles. The standard InChI is InChI=1S/C17H34N2O2/c1-14(2)18-17(5,15(20)21-6)8-7-11-19-12-9-16(3,4)10-13-19/h14,18H,7-13H2,1-6H3. The van der Waals surface area contributed by atoms with E-state index in [4.69, 9.17) is 4.74 Å². The summed E-state index contributed by atoms with van der Waals surface area (Å²) < 4.78 is 4.97. The average Bonchev–Trinajstić information content (AvgIpc) is 2.39. The van der Waals surface area contributed by atoms with Crippen molar-refractivity contribution in [2.45, 2.75) is 71.9 Å². The van der Waals surface area contributed by atoms with Crippen LogP contribution in [0.25, 0.3) is 0 Å². The minimum Gasteiger partial charge on any atom is -0.468 e. The Balaban J connectivity index is 2.42. The molecule has 0 amide bonds. The molecule has 0 aromatic heterocycles. The lowest BCUT2D eigenvalue weighted by molar-refractivity contribution is -0.148. The van der Waals surface area contributed by atoms with E-state index in [2.05, 4.69) is 37.9 Å². The lowest BCUT2D eigenvalue weighted by atomic mass is 9.82. The van der Waals surface area contributed by atoms with Crippen LogP contribution in [-0.4, -0.2) is 49.2 Å². The number of hydrogen-bond donors (Lipinski definition) is 1. The van der Waals surface area contributed by atoms with Gasteiger partial charge in [-0.05, 0) is 71.5 Å². The molecule has 0 aromatic carbocycles. The van der Waals surface area contributed by atoms with Crippen LogP contribution in [0.3, 0.4) is 0 Å². The molecule has 4 nitrogen and oxygen atoms in total. The zero-order valence-electron chi connectivity index (χ0n) is 14.8. The summed E-state index contributed by atoms with van der Waals surface area (Å²) in [5, 5.41) is 3.36. The Labute approximate surface area is 130 Å². The Morgan fingerprint density at radius 2 is 1.90 bits per heavy atom. The van der Waals surface area contributed by atoms with Crippen LogP contribution >= 0.6 is 0 Å². The Kier molecular flexibility index (Phi) is 6.67.